The number of benzene rings is 2. The van der Waals surface area contributed by atoms with Crippen LogP contribution in [0.25, 0.3) is 10.2 Å². The fraction of sp³-hybridized carbons (Fsp3) is 0.240. The van der Waals surface area contributed by atoms with Crippen molar-refractivity contribution in [2.75, 3.05) is 11.4 Å². The monoisotopic (exact) mass is 430 g/mol. The van der Waals surface area contributed by atoms with E-state index in [4.69, 9.17) is 4.98 Å². The van der Waals surface area contributed by atoms with Gasteiger partial charge in [-0.05, 0) is 55.2 Å². The number of aryl methyl sites for hydroxylation is 2. The number of hydrogen-bond donors (Lipinski definition) is 1. The van der Waals surface area contributed by atoms with E-state index in [1.807, 2.05) is 55.6 Å². The van der Waals surface area contributed by atoms with Crippen LogP contribution in [-0.2, 0) is 11.3 Å². The predicted octanol–water partition coefficient (Wildman–Crippen LogP) is 5.19. The van der Waals surface area contributed by atoms with Gasteiger partial charge < -0.3 is 5.32 Å². The summed E-state index contributed by atoms with van der Waals surface area (Å²) in [4.78, 5) is 24.1. The van der Waals surface area contributed by atoms with Gasteiger partial charge in [0.1, 0.15) is 0 Å². The highest BCUT2D eigenvalue weighted by molar-refractivity contribution is 7.22. The minimum Gasteiger partial charge on any atom is -0.302 e. The van der Waals surface area contributed by atoms with Crippen LogP contribution >= 0.6 is 11.3 Å². The fourth-order valence-corrected chi connectivity index (χ4v) is 4.49. The average Bonchev–Trinajstić information content (AvgIpc) is 3.24. The van der Waals surface area contributed by atoms with Crippen molar-refractivity contribution in [3.05, 3.63) is 89.2 Å². The maximum atomic E-state index is 13.3. The minimum atomic E-state index is -0.00646. The average molecular weight is 431 g/mol. The Morgan fingerprint density at radius 2 is 1.90 bits per heavy atom. The molecule has 1 atom stereocenters. The molecule has 0 bridgehead atoms. The van der Waals surface area contributed by atoms with Crippen LogP contribution in [0, 0.1) is 13.8 Å². The molecule has 2 heterocycles. The Hall–Kier alpha value is -3.09. The van der Waals surface area contributed by atoms with Crippen LogP contribution in [-0.4, -0.2) is 22.4 Å². The van der Waals surface area contributed by atoms with Crippen molar-refractivity contribution in [2.45, 2.75) is 33.4 Å². The van der Waals surface area contributed by atoms with Crippen LogP contribution in [0.3, 0.4) is 0 Å². The third-order valence-corrected chi connectivity index (χ3v) is 6.58. The summed E-state index contributed by atoms with van der Waals surface area (Å²) < 4.78 is 1.10. The first-order chi connectivity index (χ1) is 15.0. The number of thiazole rings is 1. The van der Waals surface area contributed by atoms with Crippen LogP contribution in [0.2, 0.25) is 0 Å². The lowest BCUT2D eigenvalue weighted by Crippen LogP contribution is -2.38. The van der Waals surface area contributed by atoms with Gasteiger partial charge in [-0.2, -0.15) is 0 Å². The maximum absolute atomic E-state index is 13.3. The number of aromatic nitrogens is 2. The van der Waals surface area contributed by atoms with Crippen LogP contribution in [0.15, 0.2) is 67.0 Å². The number of pyridine rings is 1. The molecule has 5 nitrogen and oxygen atoms in total. The molecule has 2 aromatic carbocycles. The summed E-state index contributed by atoms with van der Waals surface area (Å²) in [6.07, 6.45) is 3.57. The van der Waals surface area contributed by atoms with Crippen molar-refractivity contribution in [2.24, 2.45) is 0 Å². The van der Waals surface area contributed by atoms with E-state index in [1.54, 1.807) is 22.4 Å². The second-order valence-electron chi connectivity index (χ2n) is 7.71. The van der Waals surface area contributed by atoms with E-state index in [-0.39, 0.29) is 18.5 Å². The van der Waals surface area contributed by atoms with Crippen molar-refractivity contribution < 1.29 is 4.79 Å². The molecule has 0 aliphatic carbocycles. The van der Waals surface area contributed by atoms with Gasteiger partial charge in [0.25, 0.3) is 0 Å². The number of amides is 1. The summed E-state index contributed by atoms with van der Waals surface area (Å²) in [5.74, 6) is -0.00646. The first-order valence-electron chi connectivity index (χ1n) is 10.4. The predicted molar refractivity (Wildman–Crippen MR) is 127 cm³/mol. The van der Waals surface area contributed by atoms with Gasteiger partial charge in [-0.25, -0.2) is 4.98 Å². The zero-order valence-electron chi connectivity index (χ0n) is 18.0. The second kappa shape index (κ2) is 9.37. The third kappa shape index (κ3) is 4.81. The minimum absolute atomic E-state index is 0.00646. The molecule has 0 saturated carbocycles. The molecule has 1 unspecified atom stereocenters. The molecule has 0 spiro atoms. The number of hydrogen-bond acceptors (Lipinski definition) is 5. The summed E-state index contributed by atoms with van der Waals surface area (Å²) in [6.45, 7) is 6.92. The summed E-state index contributed by atoms with van der Waals surface area (Å²) in [5, 5.41) is 4.06. The van der Waals surface area contributed by atoms with Crippen molar-refractivity contribution in [1.82, 2.24) is 15.3 Å². The van der Waals surface area contributed by atoms with Crippen molar-refractivity contribution in [3.63, 3.8) is 0 Å². The Kier molecular flexibility index (Phi) is 6.39. The first-order valence-corrected chi connectivity index (χ1v) is 11.2. The van der Waals surface area contributed by atoms with Crippen LogP contribution in [0.4, 0.5) is 5.13 Å². The molecule has 0 aliphatic heterocycles. The van der Waals surface area contributed by atoms with Crippen molar-refractivity contribution in [3.8, 4) is 0 Å². The number of anilines is 1. The van der Waals surface area contributed by atoms with E-state index >= 15 is 0 Å². The molecule has 2 aromatic heterocycles. The summed E-state index contributed by atoms with van der Waals surface area (Å²) in [5.41, 5.74) is 5.47. The number of nitrogens with one attached hydrogen (secondary N) is 1. The van der Waals surface area contributed by atoms with E-state index in [0.29, 0.717) is 6.54 Å². The van der Waals surface area contributed by atoms with E-state index in [9.17, 15) is 4.79 Å². The number of rotatable bonds is 7. The molecule has 0 fully saturated rings. The zero-order valence-corrected chi connectivity index (χ0v) is 18.8. The third-order valence-electron chi connectivity index (χ3n) is 5.53. The molecule has 1 N–H and O–H groups in total. The Balaban J connectivity index is 1.60. The van der Waals surface area contributed by atoms with Gasteiger partial charge in [-0.3, -0.25) is 14.7 Å². The van der Waals surface area contributed by atoms with Gasteiger partial charge in [-0.1, -0.05) is 53.8 Å². The standard InChI is InChI=1S/C25H26N4OS/c1-17-11-12-22-24(18(17)2)28-25(31-22)29(16-20-8-5-4-6-9-20)23(30)15-27-19(3)21-10-7-13-26-14-21/h4-14,19,27H,15-16H2,1-3H3. The number of carbonyl (C=O) groups is 1. The van der Waals surface area contributed by atoms with Crippen molar-refractivity contribution in [1.29, 1.82) is 0 Å². The number of fused-ring (bicyclic) bond motifs is 1. The zero-order chi connectivity index (χ0) is 21.8. The molecule has 31 heavy (non-hydrogen) atoms. The molecule has 0 radical (unpaired) electrons. The molecule has 0 saturated heterocycles. The lowest BCUT2D eigenvalue weighted by molar-refractivity contribution is -0.118. The van der Waals surface area contributed by atoms with Gasteiger partial charge in [0.2, 0.25) is 5.91 Å². The highest BCUT2D eigenvalue weighted by atomic mass is 32.1. The molecular weight excluding hydrogens is 404 g/mol. The van der Waals surface area contributed by atoms with Gasteiger partial charge in [0.05, 0.1) is 23.3 Å². The largest absolute Gasteiger partial charge is 0.302 e. The Bertz CT molecular complexity index is 1170. The van der Waals surface area contributed by atoms with Gasteiger partial charge in [0, 0.05) is 18.4 Å². The topological polar surface area (TPSA) is 58.1 Å². The Morgan fingerprint density at radius 3 is 2.65 bits per heavy atom. The fourth-order valence-electron chi connectivity index (χ4n) is 3.44. The highest BCUT2D eigenvalue weighted by Crippen LogP contribution is 2.32. The molecule has 1 amide bonds. The molecule has 158 valence electrons. The SMILES string of the molecule is Cc1ccc2sc(N(Cc3ccccc3)C(=O)CNC(C)c3cccnc3)nc2c1C. The second-order valence-corrected chi connectivity index (χ2v) is 8.71. The van der Waals surface area contributed by atoms with E-state index in [0.717, 1.165) is 32.0 Å². The lowest BCUT2D eigenvalue weighted by Gasteiger charge is -2.22. The van der Waals surface area contributed by atoms with Crippen molar-refractivity contribution >= 4 is 32.6 Å². The van der Waals surface area contributed by atoms with Crippen LogP contribution < -0.4 is 10.2 Å². The van der Waals surface area contributed by atoms with Gasteiger partial charge in [-0.15, -0.1) is 0 Å². The van der Waals surface area contributed by atoms with Crippen LogP contribution in [0.5, 0.6) is 0 Å². The Morgan fingerprint density at radius 1 is 1.10 bits per heavy atom. The van der Waals surface area contributed by atoms with Gasteiger partial charge in [0.15, 0.2) is 5.13 Å². The maximum Gasteiger partial charge on any atom is 0.243 e. The summed E-state index contributed by atoms with van der Waals surface area (Å²) in [7, 11) is 0. The van der Waals surface area contributed by atoms with E-state index < -0.39 is 0 Å². The quantitative estimate of drug-likeness (QED) is 0.438. The molecular formula is C25H26N4OS. The Labute approximate surface area is 186 Å². The highest BCUT2D eigenvalue weighted by Gasteiger charge is 2.21. The number of nitrogens with zero attached hydrogens (tertiary/aromatic N) is 3. The van der Waals surface area contributed by atoms with Gasteiger partial charge >= 0.3 is 0 Å². The molecule has 4 rings (SSSR count). The lowest BCUT2D eigenvalue weighted by atomic mass is 10.1. The summed E-state index contributed by atoms with van der Waals surface area (Å²) in [6, 6.07) is 18.2. The van der Waals surface area contributed by atoms with Crippen LogP contribution in [0.1, 0.15) is 35.2 Å². The van der Waals surface area contributed by atoms with E-state index in [2.05, 4.69) is 36.3 Å². The number of carbonyl (C=O) groups excluding carboxylic acids is 1. The molecule has 6 heteroatoms. The molecule has 4 aromatic rings. The summed E-state index contributed by atoms with van der Waals surface area (Å²) >= 11 is 1.56. The smallest absolute Gasteiger partial charge is 0.243 e. The first kappa shape index (κ1) is 21.2. The molecule has 0 aliphatic rings. The van der Waals surface area contributed by atoms with E-state index in [1.165, 1.54) is 5.56 Å². The normalized spacial score (nSPS) is 12.1.